The number of hydrogen-bond acceptors (Lipinski definition) is 3. The number of benzene rings is 1. The van der Waals surface area contributed by atoms with Gasteiger partial charge in [-0.3, -0.25) is 0 Å². The van der Waals surface area contributed by atoms with Crippen molar-refractivity contribution in [2.24, 2.45) is 0 Å². The predicted octanol–water partition coefficient (Wildman–Crippen LogP) is 1.95. The van der Waals surface area contributed by atoms with E-state index in [1.165, 1.54) is 5.56 Å². The number of hydrogen-bond donors (Lipinski definition) is 1. The lowest BCUT2D eigenvalue weighted by molar-refractivity contribution is 0.0733. The van der Waals surface area contributed by atoms with Crippen LogP contribution in [0.5, 0.6) is 5.75 Å². The van der Waals surface area contributed by atoms with E-state index in [0.717, 1.165) is 5.75 Å². The molecule has 1 aromatic carbocycles. The normalized spacial score (nSPS) is 25.0. The minimum absolute atomic E-state index is 0.232. The van der Waals surface area contributed by atoms with Crippen LogP contribution in [0.25, 0.3) is 0 Å². The molecule has 2 atom stereocenters. The van der Waals surface area contributed by atoms with Gasteiger partial charge in [-0.15, -0.1) is 0 Å². The van der Waals surface area contributed by atoms with E-state index >= 15 is 0 Å². The molecule has 3 heteroatoms. The van der Waals surface area contributed by atoms with Gasteiger partial charge in [0.2, 0.25) is 0 Å². The fraction of sp³-hybridized carbons (Fsp3) is 0.538. The maximum atomic E-state index is 9.54. The van der Waals surface area contributed by atoms with Crippen LogP contribution >= 0.6 is 0 Å². The van der Waals surface area contributed by atoms with Crippen molar-refractivity contribution in [1.29, 1.82) is 0 Å². The van der Waals surface area contributed by atoms with Gasteiger partial charge in [0.25, 0.3) is 0 Å². The van der Waals surface area contributed by atoms with Crippen LogP contribution in [0.3, 0.4) is 0 Å². The zero-order chi connectivity index (χ0) is 11.5. The first-order chi connectivity index (χ1) is 7.66. The van der Waals surface area contributed by atoms with Crippen molar-refractivity contribution >= 4 is 0 Å². The first-order valence-electron chi connectivity index (χ1n) is 5.69. The molecule has 0 unspecified atom stereocenters. The average molecular weight is 222 g/mol. The van der Waals surface area contributed by atoms with Gasteiger partial charge in [0, 0.05) is 0 Å². The Hall–Kier alpha value is -1.06. The van der Waals surface area contributed by atoms with Crippen molar-refractivity contribution < 1.29 is 14.6 Å². The summed E-state index contributed by atoms with van der Waals surface area (Å²) in [6, 6.07) is 8.01. The van der Waals surface area contributed by atoms with E-state index in [4.69, 9.17) is 9.47 Å². The lowest BCUT2D eigenvalue weighted by Gasteiger charge is -2.15. The smallest absolute Gasteiger partial charge is 0.150 e. The molecule has 3 nitrogen and oxygen atoms in total. The summed E-state index contributed by atoms with van der Waals surface area (Å²) in [6.07, 6.45) is -0.741. The molecule has 0 radical (unpaired) electrons. The van der Waals surface area contributed by atoms with Gasteiger partial charge in [0.1, 0.15) is 18.0 Å². The number of aliphatic hydroxyl groups excluding tert-OH is 1. The highest BCUT2D eigenvalue weighted by Crippen LogP contribution is 2.21. The van der Waals surface area contributed by atoms with Crippen molar-refractivity contribution in [2.75, 3.05) is 13.2 Å². The molecule has 16 heavy (non-hydrogen) atoms. The summed E-state index contributed by atoms with van der Waals surface area (Å²) in [4.78, 5) is 0. The predicted molar refractivity (Wildman–Crippen MR) is 61.8 cm³/mol. The Labute approximate surface area is 96.0 Å². The Balaban J connectivity index is 1.99. The molecule has 0 bridgehead atoms. The Bertz CT molecular complexity index is 332. The van der Waals surface area contributed by atoms with Crippen LogP contribution in [0.1, 0.15) is 25.3 Å². The number of aliphatic hydroxyl groups is 1. The highest BCUT2D eigenvalue weighted by Gasteiger charge is 2.27. The largest absolute Gasteiger partial charge is 0.485 e. The Morgan fingerprint density at radius 2 is 1.94 bits per heavy atom. The van der Waals surface area contributed by atoms with Crippen molar-refractivity contribution in [1.82, 2.24) is 0 Å². The third-order valence-corrected chi connectivity index (χ3v) is 2.83. The lowest BCUT2D eigenvalue weighted by atomic mass is 10.0. The number of rotatable bonds is 3. The Kier molecular flexibility index (Phi) is 3.46. The van der Waals surface area contributed by atoms with Gasteiger partial charge < -0.3 is 14.6 Å². The number of ether oxygens (including phenoxy) is 2. The molecule has 1 saturated heterocycles. The van der Waals surface area contributed by atoms with Gasteiger partial charge in [-0.1, -0.05) is 26.0 Å². The van der Waals surface area contributed by atoms with Crippen molar-refractivity contribution in [3.05, 3.63) is 29.8 Å². The van der Waals surface area contributed by atoms with Crippen LogP contribution in [-0.4, -0.2) is 30.5 Å². The monoisotopic (exact) mass is 222 g/mol. The second-order valence-electron chi connectivity index (χ2n) is 4.48. The Morgan fingerprint density at radius 3 is 2.44 bits per heavy atom. The molecule has 1 fully saturated rings. The molecule has 0 aromatic heterocycles. The molecule has 2 rings (SSSR count). The van der Waals surface area contributed by atoms with Gasteiger partial charge >= 0.3 is 0 Å². The van der Waals surface area contributed by atoms with Crippen LogP contribution < -0.4 is 4.74 Å². The summed E-state index contributed by atoms with van der Waals surface area (Å²) < 4.78 is 10.8. The summed E-state index contributed by atoms with van der Waals surface area (Å²) in [7, 11) is 0. The molecule has 0 saturated carbocycles. The zero-order valence-electron chi connectivity index (χ0n) is 9.72. The maximum Gasteiger partial charge on any atom is 0.150 e. The third kappa shape index (κ3) is 2.54. The summed E-state index contributed by atoms with van der Waals surface area (Å²) >= 11 is 0. The van der Waals surface area contributed by atoms with Crippen LogP contribution in [0.2, 0.25) is 0 Å². The van der Waals surface area contributed by atoms with Gasteiger partial charge in [-0.05, 0) is 23.6 Å². The minimum atomic E-state index is -0.509. The quantitative estimate of drug-likeness (QED) is 0.849. The van der Waals surface area contributed by atoms with E-state index in [1.54, 1.807) is 0 Å². The minimum Gasteiger partial charge on any atom is -0.485 e. The Morgan fingerprint density at radius 1 is 1.25 bits per heavy atom. The lowest BCUT2D eigenvalue weighted by Crippen LogP contribution is -2.29. The van der Waals surface area contributed by atoms with Crippen LogP contribution in [-0.2, 0) is 4.74 Å². The standard InChI is InChI=1S/C13H18O3/c1-9(2)10-3-5-11(6-4-10)16-13-8-15-7-12(13)14/h3-6,9,12-14H,7-8H2,1-2H3/t12-,13-/m1/s1. The molecular formula is C13H18O3. The van der Waals surface area contributed by atoms with Gasteiger partial charge in [-0.2, -0.15) is 0 Å². The van der Waals surface area contributed by atoms with Crippen molar-refractivity contribution in [3.63, 3.8) is 0 Å². The van der Waals surface area contributed by atoms with Crippen molar-refractivity contribution in [2.45, 2.75) is 32.0 Å². The van der Waals surface area contributed by atoms with Crippen LogP contribution in [0.15, 0.2) is 24.3 Å². The third-order valence-electron chi connectivity index (χ3n) is 2.83. The second-order valence-corrected chi connectivity index (χ2v) is 4.48. The zero-order valence-corrected chi connectivity index (χ0v) is 9.72. The van der Waals surface area contributed by atoms with E-state index in [9.17, 15) is 5.11 Å². The first-order valence-corrected chi connectivity index (χ1v) is 5.69. The van der Waals surface area contributed by atoms with Crippen LogP contribution in [0, 0.1) is 0 Å². The van der Waals surface area contributed by atoms with E-state index in [2.05, 4.69) is 26.0 Å². The summed E-state index contributed by atoms with van der Waals surface area (Å²) in [5.41, 5.74) is 1.29. The van der Waals surface area contributed by atoms with Crippen LogP contribution in [0.4, 0.5) is 0 Å². The molecule has 0 amide bonds. The molecule has 1 aromatic rings. The van der Waals surface area contributed by atoms with E-state index in [-0.39, 0.29) is 6.10 Å². The molecule has 0 spiro atoms. The van der Waals surface area contributed by atoms with E-state index in [0.29, 0.717) is 19.1 Å². The maximum absolute atomic E-state index is 9.54. The fourth-order valence-electron chi connectivity index (χ4n) is 1.74. The summed E-state index contributed by atoms with van der Waals surface area (Å²) in [5.74, 6) is 1.31. The van der Waals surface area contributed by atoms with E-state index < -0.39 is 6.10 Å². The second kappa shape index (κ2) is 4.85. The molecule has 0 aliphatic carbocycles. The SMILES string of the molecule is CC(C)c1ccc(O[C@@H]2COC[C@H]2O)cc1. The summed E-state index contributed by atoms with van der Waals surface area (Å²) in [5, 5.41) is 9.54. The van der Waals surface area contributed by atoms with Gasteiger partial charge in [0.15, 0.2) is 0 Å². The topological polar surface area (TPSA) is 38.7 Å². The van der Waals surface area contributed by atoms with E-state index in [1.807, 2.05) is 12.1 Å². The first kappa shape index (κ1) is 11.4. The molecule has 88 valence electrons. The highest BCUT2D eigenvalue weighted by molar-refractivity contribution is 5.29. The van der Waals surface area contributed by atoms with Gasteiger partial charge in [-0.25, -0.2) is 0 Å². The molecule has 1 heterocycles. The summed E-state index contributed by atoms with van der Waals surface area (Å²) in [6.45, 7) is 5.15. The molecule has 1 aliphatic rings. The average Bonchev–Trinajstić information content (AvgIpc) is 2.65. The molecule has 1 aliphatic heterocycles. The fourth-order valence-corrected chi connectivity index (χ4v) is 1.74. The molecular weight excluding hydrogens is 204 g/mol. The van der Waals surface area contributed by atoms with Crippen molar-refractivity contribution in [3.8, 4) is 5.75 Å². The van der Waals surface area contributed by atoms with Gasteiger partial charge in [0.05, 0.1) is 13.2 Å². The highest BCUT2D eigenvalue weighted by atomic mass is 16.6. The molecule has 1 N–H and O–H groups in total.